The lowest BCUT2D eigenvalue weighted by atomic mass is 9.85. The van der Waals surface area contributed by atoms with Crippen LogP contribution >= 0.6 is 0 Å². The summed E-state index contributed by atoms with van der Waals surface area (Å²) in [6, 6.07) is 14.2. The van der Waals surface area contributed by atoms with Crippen LogP contribution in [0, 0.1) is 5.92 Å². The molecule has 1 amide bonds. The number of benzene rings is 1. The number of rotatable bonds is 4. The van der Waals surface area contributed by atoms with E-state index in [0.717, 1.165) is 29.4 Å². The van der Waals surface area contributed by atoms with Crippen LogP contribution in [-0.4, -0.2) is 28.4 Å². The summed E-state index contributed by atoms with van der Waals surface area (Å²) in [6.45, 7) is 1.58. The van der Waals surface area contributed by atoms with Gasteiger partial charge in [-0.2, -0.15) is 0 Å². The van der Waals surface area contributed by atoms with Crippen LogP contribution in [0.4, 0.5) is 5.69 Å². The number of carbonyl (C=O) groups excluding carboxylic acids is 1. The molecule has 1 saturated heterocycles. The average molecular weight is 335 g/mol. The Morgan fingerprint density at radius 2 is 2.04 bits per heavy atom. The number of nitrogens with one attached hydrogen (secondary N) is 1. The van der Waals surface area contributed by atoms with Crippen LogP contribution < -0.4 is 5.32 Å². The topological polar surface area (TPSA) is 45.2 Å². The molecule has 1 saturated carbocycles. The number of hydrogen-bond acceptors (Lipinski definition) is 3. The molecule has 1 N–H and O–H groups in total. The van der Waals surface area contributed by atoms with Gasteiger partial charge in [-0.25, -0.2) is 0 Å². The van der Waals surface area contributed by atoms with Crippen LogP contribution in [0.1, 0.15) is 48.2 Å². The van der Waals surface area contributed by atoms with Crippen molar-refractivity contribution in [1.29, 1.82) is 0 Å². The molecular formula is C21H25N3O. The molecule has 2 aromatic rings. The third kappa shape index (κ3) is 3.53. The molecule has 1 aromatic carbocycles. The highest BCUT2D eigenvalue weighted by Crippen LogP contribution is 2.36. The normalized spacial score (nSPS) is 22.5. The lowest BCUT2D eigenvalue weighted by Crippen LogP contribution is -2.39. The molecule has 4 heteroatoms. The molecule has 2 aliphatic rings. The third-order valence-electron chi connectivity index (χ3n) is 5.58. The smallest absolute Gasteiger partial charge is 0.254 e. The van der Waals surface area contributed by atoms with Crippen molar-refractivity contribution in [2.45, 2.75) is 44.7 Å². The van der Waals surface area contributed by atoms with Gasteiger partial charge in [-0.3, -0.25) is 9.78 Å². The lowest BCUT2D eigenvalue weighted by molar-refractivity contribution is 0.0690. The molecule has 4 nitrogen and oxygen atoms in total. The molecule has 130 valence electrons. The van der Waals surface area contributed by atoms with E-state index < -0.39 is 0 Å². The molecule has 2 heterocycles. The quantitative estimate of drug-likeness (QED) is 0.915. The maximum atomic E-state index is 13.0. The summed E-state index contributed by atoms with van der Waals surface area (Å²) in [5, 5.41) is 3.37. The Labute approximate surface area is 149 Å². The van der Waals surface area contributed by atoms with Crippen LogP contribution in [0.2, 0.25) is 0 Å². The van der Waals surface area contributed by atoms with Gasteiger partial charge in [-0.15, -0.1) is 0 Å². The molecule has 2 atom stereocenters. The standard InChI is InChI=1S/C21H25N3O/c25-21(24-13-11-16-6-1-2-10-20(16)24)17-7-5-9-18(14-17)23-15-19-8-3-4-12-22-19/h3-5,7-9,12,14,16,20,23H,1-2,6,10-11,13,15H2/t16-,20-/m0/s1. The SMILES string of the molecule is O=C(c1cccc(NCc2ccccn2)c1)N1CC[C@@H]2CCCC[C@@H]21. The second-order valence-electron chi connectivity index (χ2n) is 7.15. The Kier molecular flexibility index (Phi) is 4.68. The Morgan fingerprint density at radius 3 is 2.92 bits per heavy atom. The van der Waals surface area contributed by atoms with Crippen molar-refractivity contribution in [2.24, 2.45) is 5.92 Å². The van der Waals surface area contributed by atoms with Gasteiger partial charge in [-0.1, -0.05) is 25.0 Å². The maximum absolute atomic E-state index is 13.0. The fourth-order valence-electron chi connectivity index (χ4n) is 4.28. The van der Waals surface area contributed by atoms with Gasteiger partial charge >= 0.3 is 0 Å². The monoisotopic (exact) mass is 335 g/mol. The molecule has 25 heavy (non-hydrogen) atoms. The molecule has 2 fully saturated rings. The number of carbonyl (C=O) groups is 1. The van der Waals surface area contributed by atoms with Gasteiger partial charge in [0.15, 0.2) is 0 Å². The highest BCUT2D eigenvalue weighted by atomic mass is 16.2. The predicted molar refractivity (Wildman–Crippen MR) is 99.4 cm³/mol. The summed E-state index contributed by atoms with van der Waals surface area (Å²) in [7, 11) is 0. The first-order valence-corrected chi connectivity index (χ1v) is 9.36. The van der Waals surface area contributed by atoms with E-state index in [-0.39, 0.29) is 5.91 Å². The van der Waals surface area contributed by atoms with Crippen LogP contribution in [0.25, 0.3) is 0 Å². The zero-order chi connectivity index (χ0) is 17.1. The number of nitrogens with zero attached hydrogens (tertiary/aromatic N) is 2. The minimum Gasteiger partial charge on any atom is -0.379 e. The fourth-order valence-corrected chi connectivity index (χ4v) is 4.28. The Bertz CT molecular complexity index is 731. The number of aromatic nitrogens is 1. The second kappa shape index (κ2) is 7.26. The number of hydrogen-bond donors (Lipinski definition) is 1. The molecule has 1 aromatic heterocycles. The van der Waals surface area contributed by atoms with Crippen LogP contribution in [0.15, 0.2) is 48.7 Å². The number of likely N-dealkylation sites (tertiary alicyclic amines) is 1. The van der Waals surface area contributed by atoms with E-state index >= 15 is 0 Å². The molecular weight excluding hydrogens is 310 g/mol. The zero-order valence-corrected chi connectivity index (χ0v) is 14.5. The van der Waals surface area contributed by atoms with Crippen LogP contribution in [-0.2, 0) is 6.54 Å². The molecule has 0 spiro atoms. The van der Waals surface area contributed by atoms with Crippen molar-refractivity contribution in [2.75, 3.05) is 11.9 Å². The van der Waals surface area contributed by atoms with Crippen molar-refractivity contribution in [1.82, 2.24) is 9.88 Å². The first kappa shape index (κ1) is 16.1. The minimum atomic E-state index is 0.191. The van der Waals surface area contributed by atoms with E-state index in [2.05, 4.69) is 15.2 Å². The third-order valence-corrected chi connectivity index (χ3v) is 5.58. The van der Waals surface area contributed by atoms with Crippen molar-refractivity contribution in [3.8, 4) is 0 Å². The Hall–Kier alpha value is -2.36. The summed E-state index contributed by atoms with van der Waals surface area (Å²) in [5.74, 6) is 0.916. The Morgan fingerprint density at radius 1 is 1.12 bits per heavy atom. The molecule has 0 radical (unpaired) electrons. The number of anilines is 1. The molecule has 1 aliphatic carbocycles. The van der Waals surface area contributed by atoms with Gasteiger partial charge in [0.1, 0.15) is 0 Å². The van der Waals surface area contributed by atoms with Crippen LogP contribution in [0.3, 0.4) is 0 Å². The van der Waals surface area contributed by atoms with E-state index in [1.807, 2.05) is 42.5 Å². The molecule has 0 bridgehead atoms. The summed E-state index contributed by atoms with van der Waals surface area (Å²) in [6.07, 6.45) is 8.03. The zero-order valence-electron chi connectivity index (χ0n) is 14.5. The second-order valence-corrected chi connectivity index (χ2v) is 7.15. The van der Waals surface area contributed by atoms with E-state index in [0.29, 0.717) is 12.6 Å². The van der Waals surface area contributed by atoms with Crippen molar-refractivity contribution in [3.05, 3.63) is 59.9 Å². The largest absolute Gasteiger partial charge is 0.379 e. The number of amides is 1. The van der Waals surface area contributed by atoms with E-state index in [1.165, 1.54) is 32.1 Å². The first-order chi connectivity index (χ1) is 12.3. The van der Waals surface area contributed by atoms with Crippen molar-refractivity contribution < 1.29 is 4.79 Å². The van der Waals surface area contributed by atoms with Crippen molar-refractivity contribution in [3.63, 3.8) is 0 Å². The summed E-state index contributed by atoms with van der Waals surface area (Å²) >= 11 is 0. The molecule has 0 unspecified atom stereocenters. The minimum absolute atomic E-state index is 0.191. The number of pyridine rings is 1. The van der Waals surface area contributed by atoms with Gasteiger partial charge < -0.3 is 10.2 Å². The summed E-state index contributed by atoms with van der Waals surface area (Å²) in [5.41, 5.74) is 2.75. The molecule has 1 aliphatic heterocycles. The van der Waals surface area contributed by atoms with Gasteiger partial charge in [0.25, 0.3) is 5.91 Å². The van der Waals surface area contributed by atoms with Gasteiger partial charge in [0, 0.05) is 30.0 Å². The maximum Gasteiger partial charge on any atom is 0.254 e. The first-order valence-electron chi connectivity index (χ1n) is 9.36. The van der Waals surface area contributed by atoms with E-state index in [1.54, 1.807) is 6.20 Å². The van der Waals surface area contributed by atoms with Gasteiger partial charge in [0.2, 0.25) is 0 Å². The summed E-state index contributed by atoms with van der Waals surface area (Å²) in [4.78, 5) is 19.5. The highest BCUT2D eigenvalue weighted by molar-refractivity contribution is 5.95. The summed E-state index contributed by atoms with van der Waals surface area (Å²) < 4.78 is 0. The fraction of sp³-hybridized carbons (Fsp3) is 0.429. The van der Waals surface area contributed by atoms with Gasteiger partial charge in [0.05, 0.1) is 12.2 Å². The average Bonchev–Trinajstić information content (AvgIpc) is 3.11. The van der Waals surface area contributed by atoms with Crippen molar-refractivity contribution >= 4 is 11.6 Å². The number of fused-ring (bicyclic) bond motifs is 1. The van der Waals surface area contributed by atoms with Gasteiger partial charge in [-0.05, 0) is 55.5 Å². The highest BCUT2D eigenvalue weighted by Gasteiger charge is 2.38. The van der Waals surface area contributed by atoms with Crippen LogP contribution in [0.5, 0.6) is 0 Å². The Balaban J connectivity index is 1.44. The lowest BCUT2D eigenvalue weighted by Gasteiger charge is -2.31. The molecule has 4 rings (SSSR count). The predicted octanol–water partition coefficient (Wildman–Crippen LogP) is 4.10. The van der Waals surface area contributed by atoms with E-state index in [9.17, 15) is 4.79 Å². The van der Waals surface area contributed by atoms with E-state index in [4.69, 9.17) is 0 Å².